The molecule has 7 heteroatoms. The van der Waals surface area contributed by atoms with Gasteiger partial charge in [-0.1, -0.05) is 85.6 Å². The summed E-state index contributed by atoms with van der Waals surface area (Å²) in [6.45, 7) is 2.93. The Hall–Kier alpha value is -2.96. The molecule has 1 N–H and O–H groups in total. The molecule has 0 saturated carbocycles. The summed E-state index contributed by atoms with van der Waals surface area (Å²) in [5, 5.41) is 3.63. The Balaban J connectivity index is 1.81. The van der Waals surface area contributed by atoms with E-state index in [1.54, 1.807) is 12.0 Å². The van der Waals surface area contributed by atoms with E-state index in [9.17, 15) is 9.59 Å². The van der Waals surface area contributed by atoms with E-state index in [0.717, 1.165) is 35.3 Å². The van der Waals surface area contributed by atoms with Gasteiger partial charge in [0.15, 0.2) is 0 Å². The van der Waals surface area contributed by atoms with Crippen molar-refractivity contribution in [1.29, 1.82) is 0 Å². The molecule has 3 aromatic rings. The van der Waals surface area contributed by atoms with Gasteiger partial charge in [-0.3, -0.25) is 9.59 Å². The SMILES string of the molecule is CCCCNC(=O)[C@@H](Cc1ccccc1)N(Cc1ccccc1Cl)C(=O)CSCc1ccc(OC)cc1. The molecular formula is C30H35ClN2O3S. The van der Waals surface area contributed by atoms with Gasteiger partial charge in [-0.2, -0.15) is 0 Å². The first-order valence-corrected chi connectivity index (χ1v) is 14.1. The molecule has 2 amide bonds. The zero-order valence-electron chi connectivity index (χ0n) is 21.5. The predicted octanol–water partition coefficient (Wildman–Crippen LogP) is 6.14. The maximum Gasteiger partial charge on any atom is 0.243 e. The van der Waals surface area contributed by atoms with Gasteiger partial charge in [0.25, 0.3) is 0 Å². The highest BCUT2D eigenvalue weighted by molar-refractivity contribution is 7.99. The Morgan fingerprint density at radius 1 is 0.973 bits per heavy atom. The van der Waals surface area contributed by atoms with Crippen LogP contribution in [0, 0.1) is 0 Å². The van der Waals surface area contributed by atoms with Crippen molar-refractivity contribution in [2.24, 2.45) is 0 Å². The molecule has 3 rings (SSSR count). The van der Waals surface area contributed by atoms with Crippen LogP contribution in [-0.4, -0.2) is 42.2 Å². The van der Waals surface area contributed by atoms with Crippen LogP contribution < -0.4 is 10.1 Å². The summed E-state index contributed by atoms with van der Waals surface area (Å²) in [6.07, 6.45) is 2.30. The number of carbonyl (C=O) groups is 2. The van der Waals surface area contributed by atoms with E-state index in [2.05, 4.69) is 12.2 Å². The van der Waals surface area contributed by atoms with E-state index >= 15 is 0 Å². The number of ether oxygens (including phenoxy) is 1. The summed E-state index contributed by atoms with van der Waals surface area (Å²) < 4.78 is 5.23. The first-order valence-electron chi connectivity index (χ1n) is 12.6. The number of hydrogen-bond acceptors (Lipinski definition) is 4. The van der Waals surface area contributed by atoms with Crippen molar-refractivity contribution in [2.75, 3.05) is 19.4 Å². The lowest BCUT2D eigenvalue weighted by molar-refractivity contribution is -0.139. The number of carbonyl (C=O) groups excluding carboxylic acids is 2. The molecule has 0 aliphatic rings. The van der Waals surface area contributed by atoms with Crippen molar-refractivity contribution < 1.29 is 14.3 Å². The number of benzene rings is 3. The highest BCUT2D eigenvalue weighted by atomic mass is 35.5. The highest BCUT2D eigenvalue weighted by Crippen LogP contribution is 2.22. The van der Waals surface area contributed by atoms with Gasteiger partial charge in [-0.05, 0) is 41.3 Å². The minimum absolute atomic E-state index is 0.0926. The molecule has 0 unspecified atom stereocenters. The van der Waals surface area contributed by atoms with Gasteiger partial charge in [0, 0.05) is 30.3 Å². The van der Waals surface area contributed by atoms with Gasteiger partial charge in [0.05, 0.1) is 12.9 Å². The molecule has 0 heterocycles. The van der Waals surface area contributed by atoms with Crippen molar-refractivity contribution >= 4 is 35.2 Å². The number of amides is 2. The molecular weight excluding hydrogens is 504 g/mol. The standard InChI is InChI=1S/C30H35ClN2O3S/c1-3-4-18-32-30(35)28(19-23-10-6-5-7-11-23)33(20-25-12-8-9-13-27(25)31)29(34)22-37-21-24-14-16-26(36-2)17-15-24/h5-17,28H,3-4,18-22H2,1-2H3,(H,32,35)/t28-/m1/s1. The van der Waals surface area contributed by atoms with Crippen LogP contribution >= 0.6 is 23.4 Å². The average molecular weight is 539 g/mol. The zero-order valence-corrected chi connectivity index (χ0v) is 23.1. The molecule has 0 fully saturated rings. The topological polar surface area (TPSA) is 58.6 Å². The Morgan fingerprint density at radius 3 is 2.35 bits per heavy atom. The van der Waals surface area contributed by atoms with Crippen molar-refractivity contribution in [3.63, 3.8) is 0 Å². The van der Waals surface area contributed by atoms with Crippen LogP contribution in [0.15, 0.2) is 78.9 Å². The molecule has 37 heavy (non-hydrogen) atoms. The van der Waals surface area contributed by atoms with Gasteiger partial charge in [-0.25, -0.2) is 0 Å². The summed E-state index contributed by atoms with van der Waals surface area (Å²) >= 11 is 8.01. The lowest BCUT2D eigenvalue weighted by Gasteiger charge is -2.32. The number of hydrogen-bond donors (Lipinski definition) is 1. The van der Waals surface area contributed by atoms with Gasteiger partial charge in [-0.15, -0.1) is 11.8 Å². The van der Waals surface area contributed by atoms with E-state index < -0.39 is 6.04 Å². The highest BCUT2D eigenvalue weighted by Gasteiger charge is 2.30. The number of rotatable bonds is 14. The van der Waals surface area contributed by atoms with Crippen LogP contribution in [0.3, 0.4) is 0 Å². The smallest absolute Gasteiger partial charge is 0.243 e. The Labute approximate surface area is 229 Å². The maximum absolute atomic E-state index is 13.7. The molecule has 3 aromatic carbocycles. The van der Waals surface area contributed by atoms with Crippen LogP contribution in [0.1, 0.15) is 36.5 Å². The molecule has 196 valence electrons. The fourth-order valence-electron chi connectivity index (χ4n) is 3.93. The van der Waals surface area contributed by atoms with Gasteiger partial charge in [0.1, 0.15) is 11.8 Å². The minimum atomic E-state index is -0.649. The lowest BCUT2D eigenvalue weighted by atomic mass is 10.0. The molecule has 0 bridgehead atoms. The van der Waals surface area contributed by atoms with E-state index in [1.807, 2.05) is 78.9 Å². The maximum atomic E-state index is 13.7. The number of thioether (sulfide) groups is 1. The number of unbranched alkanes of at least 4 members (excludes halogenated alkanes) is 1. The minimum Gasteiger partial charge on any atom is -0.497 e. The molecule has 0 aliphatic heterocycles. The van der Waals surface area contributed by atoms with E-state index in [0.29, 0.717) is 23.7 Å². The molecule has 5 nitrogen and oxygen atoms in total. The third-order valence-electron chi connectivity index (χ3n) is 6.05. The van der Waals surface area contributed by atoms with Crippen LogP contribution in [-0.2, 0) is 28.3 Å². The Morgan fingerprint density at radius 2 is 1.68 bits per heavy atom. The fourth-order valence-corrected chi connectivity index (χ4v) is 5.00. The largest absolute Gasteiger partial charge is 0.497 e. The van der Waals surface area contributed by atoms with Crippen LogP contribution in [0.2, 0.25) is 5.02 Å². The summed E-state index contributed by atoms with van der Waals surface area (Å²) in [4.78, 5) is 28.8. The van der Waals surface area contributed by atoms with Crippen molar-refractivity contribution in [3.8, 4) is 5.75 Å². The summed E-state index contributed by atoms with van der Waals surface area (Å²) in [5.41, 5.74) is 2.92. The van der Waals surface area contributed by atoms with Gasteiger partial charge >= 0.3 is 0 Å². The fraction of sp³-hybridized carbons (Fsp3) is 0.333. The normalized spacial score (nSPS) is 11.5. The average Bonchev–Trinajstić information content (AvgIpc) is 2.92. The van der Waals surface area contributed by atoms with Crippen molar-refractivity contribution in [3.05, 3.63) is 101 Å². The monoisotopic (exact) mass is 538 g/mol. The van der Waals surface area contributed by atoms with Gasteiger partial charge in [0.2, 0.25) is 11.8 Å². The Kier molecular flexibility index (Phi) is 11.9. The van der Waals surface area contributed by atoms with Crippen molar-refractivity contribution in [2.45, 2.75) is 44.5 Å². The molecule has 0 saturated heterocycles. The number of methoxy groups -OCH3 is 1. The zero-order chi connectivity index (χ0) is 26.5. The molecule has 1 atom stereocenters. The van der Waals surface area contributed by atoms with E-state index in [-0.39, 0.29) is 24.1 Å². The molecule has 0 aromatic heterocycles. The first-order chi connectivity index (χ1) is 18.0. The third-order valence-corrected chi connectivity index (χ3v) is 7.41. The second-order valence-corrected chi connectivity index (χ2v) is 10.2. The second kappa shape index (κ2) is 15.3. The summed E-state index contributed by atoms with van der Waals surface area (Å²) in [6, 6.07) is 24.5. The quantitative estimate of drug-likeness (QED) is 0.250. The molecule has 0 spiro atoms. The van der Waals surface area contributed by atoms with E-state index in [4.69, 9.17) is 16.3 Å². The van der Waals surface area contributed by atoms with Crippen LogP contribution in [0.4, 0.5) is 0 Å². The number of nitrogens with zero attached hydrogens (tertiary/aromatic N) is 1. The second-order valence-electron chi connectivity index (χ2n) is 8.80. The third kappa shape index (κ3) is 9.13. The first kappa shape index (κ1) is 28.6. The van der Waals surface area contributed by atoms with Crippen LogP contribution in [0.25, 0.3) is 0 Å². The summed E-state index contributed by atoms with van der Waals surface area (Å²) in [7, 11) is 1.64. The van der Waals surface area contributed by atoms with Crippen LogP contribution in [0.5, 0.6) is 5.75 Å². The van der Waals surface area contributed by atoms with Gasteiger partial charge < -0.3 is 15.0 Å². The summed E-state index contributed by atoms with van der Waals surface area (Å²) in [5.74, 6) is 1.50. The lowest BCUT2D eigenvalue weighted by Crippen LogP contribution is -2.51. The number of nitrogens with one attached hydrogen (secondary N) is 1. The van der Waals surface area contributed by atoms with E-state index in [1.165, 1.54) is 11.8 Å². The van der Waals surface area contributed by atoms with Crippen molar-refractivity contribution in [1.82, 2.24) is 10.2 Å². The molecule has 0 radical (unpaired) electrons. The number of halogens is 1. The molecule has 0 aliphatic carbocycles. The Bertz CT molecular complexity index is 1130. The predicted molar refractivity (Wildman–Crippen MR) is 153 cm³/mol.